The van der Waals surface area contributed by atoms with Gasteiger partial charge in [0.2, 0.25) is 0 Å². The second kappa shape index (κ2) is 5.62. The van der Waals surface area contributed by atoms with Crippen LogP contribution < -0.4 is 4.74 Å². The molecule has 0 spiro atoms. The van der Waals surface area contributed by atoms with Crippen LogP contribution in [0.5, 0.6) is 5.75 Å². The molecule has 0 unspecified atom stereocenters. The van der Waals surface area contributed by atoms with Crippen molar-refractivity contribution in [3.63, 3.8) is 0 Å². The number of aryl methyl sites for hydroxylation is 1. The minimum absolute atomic E-state index is 0.235. The largest absolute Gasteiger partial charge is 0.435 e. The lowest BCUT2D eigenvalue weighted by Crippen LogP contribution is -2.04. The first-order valence-corrected chi connectivity index (χ1v) is 6.02. The molecule has 0 heterocycles. The highest BCUT2D eigenvalue weighted by molar-refractivity contribution is 9.10. The van der Waals surface area contributed by atoms with E-state index in [1.54, 1.807) is 12.1 Å². The Bertz CT molecular complexity index is 364. The summed E-state index contributed by atoms with van der Waals surface area (Å²) in [6, 6.07) is 3.32. The molecule has 0 saturated heterocycles. The molecule has 1 aromatic rings. The molecule has 1 aromatic carbocycles. The summed E-state index contributed by atoms with van der Waals surface area (Å²) >= 11 is 3.50. The van der Waals surface area contributed by atoms with Crippen LogP contribution in [0.15, 0.2) is 16.6 Å². The van der Waals surface area contributed by atoms with Crippen LogP contribution in [0.2, 0.25) is 0 Å². The molecule has 4 heteroatoms. The Kier molecular flexibility index (Phi) is 4.71. The van der Waals surface area contributed by atoms with Crippen molar-refractivity contribution in [2.24, 2.45) is 0 Å². The van der Waals surface area contributed by atoms with E-state index in [1.165, 1.54) is 0 Å². The van der Waals surface area contributed by atoms with E-state index >= 15 is 0 Å². The molecule has 1 nitrogen and oxygen atoms in total. The number of ether oxygens (including phenoxy) is 1. The topological polar surface area (TPSA) is 9.23 Å². The van der Waals surface area contributed by atoms with E-state index < -0.39 is 6.61 Å². The van der Waals surface area contributed by atoms with Crippen molar-refractivity contribution in [1.29, 1.82) is 0 Å². The SMILES string of the molecule is CCc1cc(OC(F)F)cc(C(C)C)c1Br. The normalized spacial score (nSPS) is 11.2. The van der Waals surface area contributed by atoms with Gasteiger partial charge in [-0.25, -0.2) is 0 Å². The van der Waals surface area contributed by atoms with Crippen molar-refractivity contribution in [3.05, 3.63) is 27.7 Å². The summed E-state index contributed by atoms with van der Waals surface area (Å²) in [7, 11) is 0. The van der Waals surface area contributed by atoms with Crippen LogP contribution in [0.3, 0.4) is 0 Å². The van der Waals surface area contributed by atoms with Crippen LogP contribution in [0, 0.1) is 0 Å². The minimum Gasteiger partial charge on any atom is -0.435 e. The average Bonchev–Trinajstić information content (AvgIpc) is 2.19. The van der Waals surface area contributed by atoms with Gasteiger partial charge in [-0.15, -0.1) is 0 Å². The summed E-state index contributed by atoms with van der Waals surface area (Å²) in [4.78, 5) is 0. The number of hydrogen-bond acceptors (Lipinski definition) is 1. The number of hydrogen-bond donors (Lipinski definition) is 0. The number of halogens is 3. The van der Waals surface area contributed by atoms with E-state index in [-0.39, 0.29) is 11.7 Å². The predicted octanol–water partition coefficient (Wildman–Crippen LogP) is 4.74. The van der Waals surface area contributed by atoms with E-state index in [0.717, 1.165) is 22.0 Å². The molecule has 0 atom stereocenters. The zero-order valence-electron chi connectivity index (χ0n) is 9.56. The highest BCUT2D eigenvalue weighted by Crippen LogP contribution is 2.33. The summed E-state index contributed by atoms with van der Waals surface area (Å²) in [5.74, 6) is 0.500. The molecule has 90 valence electrons. The van der Waals surface area contributed by atoms with Gasteiger partial charge < -0.3 is 4.74 Å². The van der Waals surface area contributed by atoms with E-state index in [0.29, 0.717) is 0 Å². The Morgan fingerprint density at radius 3 is 2.38 bits per heavy atom. The third-order valence-electron chi connectivity index (χ3n) is 2.38. The summed E-state index contributed by atoms with van der Waals surface area (Å²) in [6.45, 7) is 3.25. The maximum Gasteiger partial charge on any atom is 0.387 e. The molecule has 0 N–H and O–H groups in total. The molecule has 0 saturated carbocycles. The zero-order valence-corrected chi connectivity index (χ0v) is 11.1. The maximum atomic E-state index is 12.2. The number of rotatable bonds is 4. The van der Waals surface area contributed by atoms with Gasteiger partial charge in [-0.2, -0.15) is 8.78 Å². The van der Waals surface area contributed by atoms with Gasteiger partial charge >= 0.3 is 6.61 Å². The van der Waals surface area contributed by atoms with Crippen LogP contribution >= 0.6 is 15.9 Å². The highest BCUT2D eigenvalue weighted by atomic mass is 79.9. The van der Waals surface area contributed by atoms with E-state index in [2.05, 4.69) is 20.7 Å². The first-order chi connectivity index (χ1) is 7.45. The lowest BCUT2D eigenvalue weighted by atomic mass is 9.99. The van der Waals surface area contributed by atoms with E-state index in [1.807, 2.05) is 20.8 Å². The van der Waals surface area contributed by atoms with Crippen LogP contribution in [0.4, 0.5) is 8.78 Å². The van der Waals surface area contributed by atoms with Gasteiger partial charge in [-0.05, 0) is 35.6 Å². The Balaban J connectivity index is 3.17. The Hall–Kier alpha value is -0.640. The third kappa shape index (κ3) is 3.17. The van der Waals surface area contributed by atoms with Crippen molar-refractivity contribution in [3.8, 4) is 5.75 Å². The quantitative estimate of drug-likeness (QED) is 0.779. The zero-order chi connectivity index (χ0) is 12.3. The molecule has 0 amide bonds. The van der Waals surface area contributed by atoms with Gasteiger partial charge in [0.05, 0.1) is 0 Å². The highest BCUT2D eigenvalue weighted by Gasteiger charge is 2.13. The fraction of sp³-hybridized carbons (Fsp3) is 0.500. The van der Waals surface area contributed by atoms with Gasteiger partial charge in [-0.3, -0.25) is 0 Å². The molecule has 1 rings (SSSR count). The van der Waals surface area contributed by atoms with Crippen LogP contribution in [0.25, 0.3) is 0 Å². The lowest BCUT2D eigenvalue weighted by Gasteiger charge is -2.15. The van der Waals surface area contributed by atoms with Crippen molar-refractivity contribution in [2.45, 2.75) is 39.7 Å². The molecule has 0 aromatic heterocycles. The van der Waals surface area contributed by atoms with Gasteiger partial charge in [0, 0.05) is 4.47 Å². The van der Waals surface area contributed by atoms with E-state index in [9.17, 15) is 8.78 Å². The Morgan fingerprint density at radius 1 is 1.31 bits per heavy atom. The predicted molar refractivity (Wildman–Crippen MR) is 64.2 cm³/mol. The number of benzene rings is 1. The molecule has 0 radical (unpaired) electrons. The fourth-order valence-corrected chi connectivity index (χ4v) is 2.49. The summed E-state index contributed by atoms with van der Waals surface area (Å²) in [5.41, 5.74) is 1.98. The molecular formula is C12H15BrF2O. The van der Waals surface area contributed by atoms with Crippen molar-refractivity contribution < 1.29 is 13.5 Å². The van der Waals surface area contributed by atoms with Crippen LogP contribution in [-0.4, -0.2) is 6.61 Å². The molecule has 0 bridgehead atoms. The average molecular weight is 293 g/mol. The first kappa shape index (κ1) is 13.4. The molecule has 0 aliphatic heterocycles. The van der Waals surface area contributed by atoms with Crippen molar-refractivity contribution in [2.75, 3.05) is 0 Å². The molecule has 0 aliphatic rings. The van der Waals surface area contributed by atoms with Gasteiger partial charge in [0.25, 0.3) is 0 Å². The Labute approximate surface area is 103 Å². The smallest absolute Gasteiger partial charge is 0.387 e. The second-order valence-electron chi connectivity index (χ2n) is 3.87. The van der Waals surface area contributed by atoms with Crippen molar-refractivity contribution >= 4 is 15.9 Å². The Morgan fingerprint density at radius 2 is 1.94 bits per heavy atom. The van der Waals surface area contributed by atoms with Crippen molar-refractivity contribution in [1.82, 2.24) is 0 Å². The maximum absolute atomic E-state index is 12.2. The molecule has 0 fully saturated rings. The molecule has 0 aliphatic carbocycles. The number of alkyl halides is 2. The lowest BCUT2D eigenvalue weighted by molar-refractivity contribution is -0.0499. The molecular weight excluding hydrogens is 278 g/mol. The van der Waals surface area contributed by atoms with Gasteiger partial charge in [0.15, 0.2) is 0 Å². The second-order valence-corrected chi connectivity index (χ2v) is 4.67. The van der Waals surface area contributed by atoms with Crippen LogP contribution in [-0.2, 0) is 6.42 Å². The van der Waals surface area contributed by atoms with Crippen LogP contribution in [0.1, 0.15) is 37.8 Å². The summed E-state index contributed by atoms with van der Waals surface area (Å²) in [5, 5.41) is 0. The minimum atomic E-state index is -2.77. The third-order valence-corrected chi connectivity index (χ3v) is 3.34. The monoisotopic (exact) mass is 292 g/mol. The first-order valence-electron chi connectivity index (χ1n) is 5.22. The standard InChI is InChI=1S/C12H15BrF2O/c1-4-8-5-9(16-12(14)15)6-10(7(2)3)11(8)13/h5-7,12H,4H2,1-3H3. The van der Waals surface area contributed by atoms with E-state index in [4.69, 9.17) is 0 Å². The van der Waals surface area contributed by atoms with Gasteiger partial charge in [-0.1, -0.05) is 36.7 Å². The fourth-order valence-electron chi connectivity index (χ4n) is 1.53. The summed E-state index contributed by atoms with van der Waals surface area (Å²) in [6.07, 6.45) is 0.779. The summed E-state index contributed by atoms with van der Waals surface area (Å²) < 4.78 is 29.8. The van der Waals surface area contributed by atoms with Gasteiger partial charge in [0.1, 0.15) is 5.75 Å². The molecule has 16 heavy (non-hydrogen) atoms.